The van der Waals surface area contributed by atoms with Crippen LogP contribution in [0.5, 0.6) is 0 Å². The number of rotatable bonds is 8. The normalized spacial score (nSPS) is 22.4. The van der Waals surface area contributed by atoms with Gasteiger partial charge in [0.15, 0.2) is 0 Å². The van der Waals surface area contributed by atoms with Gasteiger partial charge in [-0.25, -0.2) is 4.79 Å². The number of benzene rings is 2. The van der Waals surface area contributed by atoms with Crippen LogP contribution in [-0.2, 0) is 14.3 Å². The molecule has 0 aromatic heterocycles. The van der Waals surface area contributed by atoms with Crippen LogP contribution in [0.15, 0.2) is 48.5 Å². The minimum Gasteiger partial charge on any atom is -0.481 e. The first-order chi connectivity index (χ1) is 17.0. The van der Waals surface area contributed by atoms with Crippen LogP contribution in [0.1, 0.15) is 42.7 Å². The lowest BCUT2D eigenvalue weighted by Gasteiger charge is -2.37. The molecule has 2 amide bonds. The zero-order valence-electron chi connectivity index (χ0n) is 19.5. The van der Waals surface area contributed by atoms with E-state index in [0.29, 0.717) is 30.9 Å². The van der Waals surface area contributed by atoms with Gasteiger partial charge in [0.1, 0.15) is 6.61 Å². The van der Waals surface area contributed by atoms with E-state index in [9.17, 15) is 19.5 Å². The van der Waals surface area contributed by atoms with Gasteiger partial charge in [-0.3, -0.25) is 9.59 Å². The van der Waals surface area contributed by atoms with Gasteiger partial charge in [0.25, 0.3) is 0 Å². The third-order valence-corrected chi connectivity index (χ3v) is 8.40. The fourth-order valence-corrected chi connectivity index (χ4v) is 6.61. The molecular formula is C27H30N2O5S. The number of nitrogens with one attached hydrogen (secondary N) is 1. The van der Waals surface area contributed by atoms with E-state index >= 15 is 0 Å². The van der Waals surface area contributed by atoms with Crippen LogP contribution in [-0.4, -0.2) is 64.7 Å². The highest BCUT2D eigenvalue weighted by Crippen LogP contribution is 2.44. The van der Waals surface area contributed by atoms with Crippen molar-refractivity contribution in [2.75, 3.05) is 24.7 Å². The Bertz CT molecular complexity index is 1060. The summed E-state index contributed by atoms with van der Waals surface area (Å²) in [5.74, 6) is -0.0184. The molecule has 0 saturated carbocycles. The van der Waals surface area contributed by atoms with Crippen molar-refractivity contribution in [3.05, 3.63) is 59.7 Å². The molecule has 2 saturated heterocycles. The largest absolute Gasteiger partial charge is 0.481 e. The molecule has 2 atom stereocenters. The number of thioether (sulfide) groups is 1. The molecule has 1 aliphatic carbocycles. The number of hydrogen-bond acceptors (Lipinski definition) is 5. The number of carboxylic acids is 1. The summed E-state index contributed by atoms with van der Waals surface area (Å²) < 4.78 is 5.55. The van der Waals surface area contributed by atoms with Crippen LogP contribution in [0.3, 0.4) is 0 Å². The first-order valence-corrected chi connectivity index (χ1v) is 13.4. The van der Waals surface area contributed by atoms with Crippen molar-refractivity contribution >= 4 is 29.7 Å². The predicted octanol–water partition coefficient (Wildman–Crippen LogP) is 4.11. The van der Waals surface area contributed by atoms with Gasteiger partial charge in [-0.05, 0) is 47.9 Å². The highest BCUT2D eigenvalue weighted by Gasteiger charge is 2.44. The average molecular weight is 495 g/mol. The Balaban J connectivity index is 1.03. The summed E-state index contributed by atoms with van der Waals surface area (Å²) in [4.78, 5) is 38.3. The van der Waals surface area contributed by atoms with Gasteiger partial charge in [-0.15, -0.1) is 0 Å². The number of piperidine rings is 1. The fourth-order valence-electron chi connectivity index (χ4n) is 5.89. The first kappa shape index (κ1) is 23.7. The third-order valence-electron chi connectivity index (χ3n) is 7.46. The third kappa shape index (κ3) is 4.89. The molecule has 2 N–H and O–H groups in total. The van der Waals surface area contributed by atoms with E-state index in [-0.39, 0.29) is 36.4 Å². The lowest BCUT2D eigenvalue weighted by Crippen LogP contribution is -2.48. The van der Waals surface area contributed by atoms with Crippen molar-refractivity contribution in [2.24, 2.45) is 5.92 Å². The molecule has 7 nitrogen and oxygen atoms in total. The topological polar surface area (TPSA) is 95.9 Å². The summed E-state index contributed by atoms with van der Waals surface area (Å²) in [6, 6.07) is 16.6. The van der Waals surface area contributed by atoms with Crippen molar-refractivity contribution in [3.8, 4) is 11.1 Å². The highest BCUT2D eigenvalue weighted by atomic mass is 32.2. The molecule has 184 valence electrons. The van der Waals surface area contributed by atoms with Gasteiger partial charge in [0.05, 0.1) is 11.7 Å². The van der Waals surface area contributed by atoms with Crippen LogP contribution in [0, 0.1) is 5.92 Å². The maximum atomic E-state index is 12.7. The van der Waals surface area contributed by atoms with Crippen molar-refractivity contribution in [2.45, 2.75) is 43.7 Å². The number of carboxylic acid groups (broad SMARTS) is 1. The standard InChI is InChI=1S/C27H30N2O5S/c30-25(29-18-9-10-19(29)14-17(13-18)26(31)32)16-35-12-11-28-27(33)34-15-24-22-7-3-1-5-20(22)21-6-2-4-8-23(21)24/h1-8,17-19,24H,9-16H2,(H,28,33)(H,31,32). The number of aliphatic carboxylic acids is 1. The van der Waals surface area contributed by atoms with Gasteiger partial charge in [-0.2, -0.15) is 11.8 Å². The Hall–Kier alpha value is -3.00. The van der Waals surface area contributed by atoms with Crippen molar-refractivity contribution in [1.82, 2.24) is 10.2 Å². The lowest BCUT2D eigenvalue weighted by molar-refractivity contribution is -0.147. The monoisotopic (exact) mass is 494 g/mol. The first-order valence-electron chi connectivity index (χ1n) is 12.2. The maximum Gasteiger partial charge on any atom is 0.407 e. The van der Waals surface area contributed by atoms with Gasteiger partial charge < -0.3 is 20.1 Å². The Labute approximate surface area is 209 Å². The molecule has 2 aromatic rings. The molecule has 2 fully saturated rings. The SMILES string of the molecule is O=C(NCCSCC(=O)N1C2CCC1CC(C(=O)O)C2)OCC1c2ccccc2-c2ccccc21. The smallest absolute Gasteiger partial charge is 0.407 e. The van der Waals surface area contributed by atoms with E-state index in [2.05, 4.69) is 29.6 Å². The molecule has 0 radical (unpaired) electrons. The number of amides is 2. The molecule has 5 rings (SSSR count). The molecule has 2 unspecified atom stereocenters. The minimum absolute atomic E-state index is 0.0285. The van der Waals surface area contributed by atoms with E-state index in [1.165, 1.54) is 34.0 Å². The minimum atomic E-state index is -0.748. The fraction of sp³-hybridized carbons (Fsp3) is 0.444. The number of hydrogen-bond donors (Lipinski definition) is 2. The van der Waals surface area contributed by atoms with E-state index < -0.39 is 12.1 Å². The number of carbonyl (C=O) groups excluding carboxylic acids is 2. The van der Waals surface area contributed by atoms with Crippen molar-refractivity contribution in [3.63, 3.8) is 0 Å². The van der Waals surface area contributed by atoms with E-state index in [0.717, 1.165) is 12.8 Å². The lowest BCUT2D eigenvalue weighted by atomic mass is 9.91. The zero-order valence-corrected chi connectivity index (χ0v) is 20.3. The number of nitrogens with zero attached hydrogens (tertiary/aromatic N) is 1. The van der Waals surface area contributed by atoms with Gasteiger partial charge in [0, 0.05) is 30.3 Å². The molecule has 8 heteroatoms. The van der Waals surface area contributed by atoms with Crippen LogP contribution in [0.4, 0.5) is 4.79 Å². The highest BCUT2D eigenvalue weighted by molar-refractivity contribution is 7.99. The number of carbonyl (C=O) groups is 3. The summed E-state index contributed by atoms with van der Waals surface area (Å²) in [6.45, 7) is 0.698. The van der Waals surface area contributed by atoms with Crippen LogP contribution in [0.25, 0.3) is 11.1 Å². The number of ether oxygens (including phenoxy) is 1. The molecule has 0 spiro atoms. The van der Waals surface area contributed by atoms with Gasteiger partial charge in [0.2, 0.25) is 5.91 Å². The Kier molecular flexibility index (Phi) is 7.00. The van der Waals surface area contributed by atoms with Crippen LogP contribution >= 0.6 is 11.8 Å². The van der Waals surface area contributed by atoms with Crippen LogP contribution in [0.2, 0.25) is 0 Å². The summed E-state index contributed by atoms with van der Waals surface area (Å²) in [5, 5.41) is 12.1. The number of fused-ring (bicyclic) bond motifs is 5. The summed E-state index contributed by atoms with van der Waals surface area (Å²) in [7, 11) is 0. The second-order valence-electron chi connectivity index (χ2n) is 9.50. The molecule has 2 aliphatic heterocycles. The molecule has 35 heavy (non-hydrogen) atoms. The zero-order chi connectivity index (χ0) is 24.4. The van der Waals surface area contributed by atoms with Gasteiger partial charge in [-0.1, -0.05) is 48.5 Å². The van der Waals surface area contributed by atoms with Gasteiger partial charge >= 0.3 is 12.1 Å². The maximum absolute atomic E-state index is 12.7. The van der Waals surface area contributed by atoms with E-state index in [1.807, 2.05) is 29.2 Å². The number of alkyl carbamates (subject to hydrolysis) is 1. The summed E-state index contributed by atoms with van der Waals surface area (Å²) in [6.07, 6.45) is 2.46. The summed E-state index contributed by atoms with van der Waals surface area (Å²) in [5.41, 5.74) is 4.74. The second kappa shape index (κ2) is 10.3. The molecule has 2 heterocycles. The average Bonchev–Trinajstić information content (AvgIpc) is 3.32. The van der Waals surface area contributed by atoms with Crippen molar-refractivity contribution < 1.29 is 24.2 Å². The van der Waals surface area contributed by atoms with Crippen molar-refractivity contribution in [1.29, 1.82) is 0 Å². The Morgan fingerprint density at radius 2 is 1.57 bits per heavy atom. The Morgan fingerprint density at radius 1 is 0.971 bits per heavy atom. The summed E-state index contributed by atoms with van der Waals surface area (Å²) >= 11 is 1.48. The quantitative estimate of drug-likeness (QED) is 0.536. The van der Waals surface area contributed by atoms with E-state index in [1.54, 1.807) is 0 Å². The molecule has 2 bridgehead atoms. The molecule has 2 aromatic carbocycles. The molecular weight excluding hydrogens is 464 g/mol. The van der Waals surface area contributed by atoms with Crippen LogP contribution < -0.4 is 5.32 Å². The molecule has 3 aliphatic rings. The Morgan fingerprint density at radius 3 is 2.17 bits per heavy atom. The second-order valence-corrected chi connectivity index (χ2v) is 10.6. The predicted molar refractivity (Wildman–Crippen MR) is 134 cm³/mol. The van der Waals surface area contributed by atoms with E-state index in [4.69, 9.17) is 4.74 Å².